The van der Waals surface area contributed by atoms with Gasteiger partial charge in [-0.1, -0.05) is 15.9 Å². The summed E-state index contributed by atoms with van der Waals surface area (Å²) in [6.45, 7) is 4.20. The first-order chi connectivity index (χ1) is 11.5. The number of amides is 1. The largest absolute Gasteiger partial charge is 0.322 e. The average Bonchev–Trinajstić information content (AvgIpc) is 2.57. The Bertz CT molecular complexity index is 995. The highest BCUT2D eigenvalue weighted by molar-refractivity contribution is 9.10. The summed E-state index contributed by atoms with van der Waals surface area (Å²) in [5.41, 5.74) is 1.95. The van der Waals surface area contributed by atoms with E-state index in [4.69, 9.17) is 0 Å². The van der Waals surface area contributed by atoms with Crippen molar-refractivity contribution in [2.24, 2.45) is 0 Å². The van der Waals surface area contributed by atoms with Gasteiger partial charge in [0.2, 0.25) is 0 Å². The molecule has 0 aliphatic rings. The SMILES string of the molecule is CCn1c(=O)c(C(=O)Nc2ccc(Br)cc2C)cc2cccnc21. The summed E-state index contributed by atoms with van der Waals surface area (Å²) in [6.07, 6.45) is 1.64. The van der Waals surface area contributed by atoms with E-state index >= 15 is 0 Å². The summed E-state index contributed by atoms with van der Waals surface area (Å²) in [4.78, 5) is 29.5. The molecule has 122 valence electrons. The van der Waals surface area contributed by atoms with Crippen LogP contribution in [-0.4, -0.2) is 15.5 Å². The minimum Gasteiger partial charge on any atom is -0.322 e. The van der Waals surface area contributed by atoms with Crippen molar-refractivity contribution < 1.29 is 4.79 Å². The smallest absolute Gasteiger partial charge is 0.265 e. The first kappa shape index (κ1) is 16.4. The van der Waals surface area contributed by atoms with Crippen LogP contribution >= 0.6 is 15.9 Å². The fraction of sp³-hybridized carbons (Fsp3) is 0.167. The van der Waals surface area contributed by atoms with Gasteiger partial charge in [0.25, 0.3) is 11.5 Å². The van der Waals surface area contributed by atoms with Gasteiger partial charge in [-0.3, -0.25) is 14.2 Å². The Kier molecular flexibility index (Phi) is 4.49. The fourth-order valence-corrected chi connectivity index (χ4v) is 3.09. The third-order valence-corrected chi connectivity index (χ3v) is 4.34. The van der Waals surface area contributed by atoms with Crippen molar-refractivity contribution in [3.05, 3.63) is 68.5 Å². The second kappa shape index (κ2) is 6.57. The predicted octanol–water partition coefficient (Wildman–Crippen LogP) is 3.74. The van der Waals surface area contributed by atoms with Crippen molar-refractivity contribution in [1.29, 1.82) is 0 Å². The molecule has 0 spiro atoms. The van der Waals surface area contributed by atoms with Gasteiger partial charge < -0.3 is 5.32 Å². The molecule has 0 fully saturated rings. The maximum Gasteiger partial charge on any atom is 0.265 e. The first-order valence-electron chi connectivity index (χ1n) is 7.57. The molecular weight excluding hydrogens is 370 g/mol. The van der Waals surface area contributed by atoms with Crippen LogP contribution in [0.4, 0.5) is 5.69 Å². The summed E-state index contributed by atoms with van der Waals surface area (Å²) in [5.74, 6) is -0.418. The number of rotatable bonds is 3. The molecule has 1 aromatic carbocycles. The molecule has 1 amide bonds. The number of carbonyl (C=O) groups is 1. The van der Waals surface area contributed by atoms with Gasteiger partial charge in [0.05, 0.1) is 0 Å². The molecule has 0 aliphatic heterocycles. The summed E-state index contributed by atoms with van der Waals surface area (Å²) >= 11 is 3.39. The Morgan fingerprint density at radius 3 is 2.79 bits per heavy atom. The lowest BCUT2D eigenvalue weighted by Gasteiger charge is -2.12. The van der Waals surface area contributed by atoms with Gasteiger partial charge in [0.1, 0.15) is 11.2 Å². The highest BCUT2D eigenvalue weighted by Crippen LogP contribution is 2.21. The van der Waals surface area contributed by atoms with Crippen LogP contribution < -0.4 is 10.9 Å². The minimum atomic E-state index is -0.418. The van der Waals surface area contributed by atoms with Crippen LogP contribution in [0.3, 0.4) is 0 Å². The van der Waals surface area contributed by atoms with Crippen molar-refractivity contribution in [3.8, 4) is 0 Å². The van der Waals surface area contributed by atoms with Gasteiger partial charge in [0.15, 0.2) is 0 Å². The number of hydrogen-bond acceptors (Lipinski definition) is 3. The van der Waals surface area contributed by atoms with Crippen molar-refractivity contribution in [2.45, 2.75) is 20.4 Å². The number of carbonyl (C=O) groups excluding carboxylic acids is 1. The number of aromatic nitrogens is 2. The average molecular weight is 386 g/mol. The van der Waals surface area contributed by atoms with Gasteiger partial charge in [0, 0.05) is 28.3 Å². The monoisotopic (exact) mass is 385 g/mol. The molecule has 2 heterocycles. The van der Waals surface area contributed by atoms with Crippen LogP contribution in [0, 0.1) is 6.92 Å². The molecule has 0 radical (unpaired) electrons. The molecule has 0 unspecified atom stereocenters. The molecule has 3 aromatic rings. The van der Waals surface area contributed by atoms with E-state index < -0.39 is 5.91 Å². The zero-order chi connectivity index (χ0) is 17.3. The van der Waals surface area contributed by atoms with E-state index in [1.807, 2.05) is 32.0 Å². The molecule has 0 saturated carbocycles. The molecular formula is C18H16BrN3O2. The lowest BCUT2D eigenvalue weighted by Crippen LogP contribution is -2.29. The quantitative estimate of drug-likeness (QED) is 0.746. The zero-order valence-electron chi connectivity index (χ0n) is 13.3. The number of nitrogens with one attached hydrogen (secondary N) is 1. The highest BCUT2D eigenvalue weighted by Gasteiger charge is 2.16. The van der Waals surface area contributed by atoms with Gasteiger partial charge in [-0.05, 0) is 55.8 Å². The molecule has 0 saturated heterocycles. The van der Waals surface area contributed by atoms with Gasteiger partial charge in [-0.25, -0.2) is 4.98 Å². The number of halogens is 1. The number of fused-ring (bicyclic) bond motifs is 1. The molecule has 0 bridgehead atoms. The molecule has 5 nitrogen and oxygen atoms in total. The van der Waals surface area contributed by atoms with Gasteiger partial charge >= 0.3 is 0 Å². The topological polar surface area (TPSA) is 64.0 Å². The normalized spacial score (nSPS) is 10.8. The van der Waals surface area contributed by atoms with E-state index in [0.717, 1.165) is 15.4 Å². The maximum atomic E-state index is 12.6. The van der Waals surface area contributed by atoms with E-state index in [1.54, 1.807) is 24.4 Å². The lowest BCUT2D eigenvalue weighted by molar-refractivity contribution is 0.102. The van der Waals surface area contributed by atoms with Crippen LogP contribution in [0.5, 0.6) is 0 Å². The van der Waals surface area contributed by atoms with Gasteiger partial charge in [-0.2, -0.15) is 0 Å². The van der Waals surface area contributed by atoms with Crippen molar-refractivity contribution in [2.75, 3.05) is 5.32 Å². The Morgan fingerprint density at radius 2 is 2.08 bits per heavy atom. The van der Waals surface area contributed by atoms with E-state index in [0.29, 0.717) is 17.9 Å². The van der Waals surface area contributed by atoms with Crippen LogP contribution in [0.1, 0.15) is 22.8 Å². The standard InChI is InChI=1S/C18H16BrN3O2/c1-3-22-16-12(5-4-8-20-16)10-14(18(22)24)17(23)21-15-7-6-13(19)9-11(15)2/h4-10H,3H2,1-2H3,(H,21,23). The molecule has 1 N–H and O–H groups in total. The second-order valence-corrected chi connectivity index (χ2v) is 6.35. The third kappa shape index (κ3) is 2.97. The van der Waals surface area contributed by atoms with E-state index in [-0.39, 0.29) is 11.1 Å². The number of benzene rings is 1. The number of hydrogen-bond donors (Lipinski definition) is 1. The molecule has 24 heavy (non-hydrogen) atoms. The third-order valence-electron chi connectivity index (χ3n) is 3.85. The van der Waals surface area contributed by atoms with Crippen LogP contribution in [0.2, 0.25) is 0 Å². The first-order valence-corrected chi connectivity index (χ1v) is 8.36. The molecule has 0 atom stereocenters. The maximum absolute atomic E-state index is 12.6. The molecule has 2 aromatic heterocycles. The Balaban J connectivity index is 2.07. The second-order valence-electron chi connectivity index (χ2n) is 5.44. The van der Waals surface area contributed by atoms with Crippen molar-refractivity contribution >= 4 is 38.6 Å². The van der Waals surface area contributed by atoms with Crippen LogP contribution in [-0.2, 0) is 6.54 Å². The van der Waals surface area contributed by atoms with E-state index in [1.165, 1.54) is 4.57 Å². The Labute approximate surface area is 147 Å². The van der Waals surface area contributed by atoms with Crippen molar-refractivity contribution in [3.63, 3.8) is 0 Å². The van der Waals surface area contributed by atoms with E-state index in [2.05, 4.69) is 26.2 Å². The van der Waals surface area contributed by atoms with Crippen molar-refractivity contribution in [1.82, 2.24) is 9.55 Å². The summed E-state index contributed by atoms with van der Waals surface area (Å²) in [7, 11) is 0. The Morgan fingerprint density at radius 1 is 1.29 bits per heavy atom. The fourth-order valence-electron chi connectivity index (χ4n) is 2.62. The minimum absolute atomic E-state index is 0.111. The van der Waals surface area contributed by atoms with Gasteiger partial charge in [-0.15, -0.1) is 0 Å². The summed E-state index contributed by atoms with van der Waals surface area (Å²) in [6, 6.07) is 10.8. The van der Waals surface area contributed by atoms with E-state index in [9.17, 15) is 9.59 Å². The van der Waals surface area contributed by atoms with Crippen LogP contribution in [0.25, 0.3) is 11.0 Å². The van der Waals surface area contributed by atoms with Crippen LogP contribution in [0.15, 0.2) is 51.9 Å². The zero-order valence-corrected chi connectivity index (χ0v) is 14.9. The predicted molar refractivity (Wildman–Crippen MR) is 98.5 cm³/mol. The Hall–Kier alpha value is -2.47. The summed E-state index contributed by atoms with van der Waals surface area (Å²) in [5, 5.41) is 3.58. The number of pyridine rings is 2. The number of nitrogens with zero attached hydrogens (tertiary/aromatic N) is 2. The lowest BCUT2D eigenvalue weighted by atomic mass is 10.1. The number of aryl methyl sites for hydroxylation is 2. The highest BCUT2D eigenvalue weighted by atomic mass is 79.9. The molecule has 3 rings (SSSR count). The molecule has 6 heteroatoms. The number of anilines is 1. The molecule has 0 aliphatic carbocycles. The summed E-state index contributed by atoms with van der Waals surface area (Å²) < 4.78 is 2.45.